The van der Waals surface area contributed by atoms with Gasteiger partial charge < -0.3 is 0 Å². The summed E-state index contributed by atoms with van der Waals surface area (Å²) in [5.74, 6) is -5.01. The summed E-state index contributed by atoms with van der Waals surface area (Å²) in [7, 11) is -4.21. The molecule has 0 aliphatic rings. The highest BCUT2D eigenvalue weighted by molar-refractivity contribution is 7.90. The van der Waals surface area contributed by atoms with Crippen molar-refractivity contribution in [3.63, 3.8) is 0 Å². The Balaban J connectivity index is 3.75. The highest BCUT2D eigenvalue weighted by Gasteiger charge is 2.25. The smallest absolute Gasteiger partial charge is 0.181 e. The molecule has 0 saturated carbocycles. The first-order chi connectivity index (χ1) is 6.79. The van der Waals surface area contributed by atoms with Crippen molar-refractivity contribution in [3.05, 3.63) is 29.1 Å². The number of nitrogens with zero attached hydrogens (tertiary/aromatic N) is 1. The van der Waals surface area contributed by atoms with E-state index in [1.165, 1.54) is 6.07 Å². The van der Waals surface area contributed by atoms with Crippen LogP contribution in [-0.2, 0) is 9.84 Å². The number of halogens is 3. The van der Waals surface area contributed by atoms with Gasteiger partial charge in [0.25, 0.3) is 0 Å². The van der Waals surface area contributed by atoms with E-state index in [4.69, 9.17) is 5.26 Å². The monoisotopic (exact) mass is 235 g/mol. The minimum Gasteiger partial charge on any atom is -0.224 e. The van der Waals surface area contributed by atoms with E-state index >= 15 is 0 Å². The molecular weight excluding hydrogens is 231 g/mol. The summed E-state index contributed by atoms with van der Waals surface area (Å²) in [5.41, 5.74) is -0.877. The maximum atomic E-state index is 13.1. The Morgan fingerprint density at radius 3 is 2.20 bits per heavy atom. The van der Waals surface area contributed by atoms with Gasteiger partial charge in [0, 0.05) is 6.26 Å². The SMILES string of the molecule is CS(=O)(=O)c1c(F)cc(C#N)c(F)c1F. The third kappa shape index (κ3) is 1.94. The fourth-order valence-electron chi connectivity index (χ4n) is 1.000. The van der Waals surface area contributed by atoms with Crippen LogP contribution in [0, 0.1) is 28.8 Å². The van der Waals surface area contributed by atoms with E-state index < -0.39 is 37.7 Å². The molecule has 1 aromatic carbocycles. The first-order valence-corrected chi connectivity index (χ1v) is 5.46. The average molecular weight is 235 g/mol. The fraction of sp³-hybridized carbons (Fsp3) is 0.125. The lowest BCUT2D eigenvalue weighted by Gasteiger charge is -2.04. The Labute approximate surface area is 83.7 Å². The van der Waals surface area contributed by atoms with Gasteiger partial charge in [-0.2, -0.15) is 5.26 Å². The molecule has 0 bridgehead atoms. The van der Waals surface area contributed by atoms with Gasteiger partial charge in [-0.25, -0.2) is 21.6 Å². The van der Waals surface area contributed by atoms with Crippen LogP contribution in [0.4, 0.5) is 13.2 Å². The standard InChI is InChI=1S/C8H4F3NO2S/c1-15(13,14)8-5(9)2-4(3-12)6(10)7(8)11/h2H,1H3. The third-order valence-electron chi connectivity index (χ3n) is 1.61. The molecule has 0 N–H and O–H groups in total. The topological polar surface area (TPSA) is 57.9 Å². The van der Waals surface area contributed by atoms with E-state index in [0.29, 0.717) is 12.3 Å². The van der Waals surface area contributed by atoms with E-state index in [2.05, 4.69) is 0 Å². The molecule has 3 nitrogen and oxygen atoms in total. The number of hydrogen-bond acceptors (Lipinski definition) is 3. The zero-order chi connectivity index (χ0) is 11.8. The summed E-state index contributed by atoms with van der Waals surface area (Å²) in [4.78, 5) is -1.36. The molecule has 0 heterocycles. The largest absolute Gasteiger partial charge is 0.224 e. The van der Waals surface area contributed by atoms with Crippen molar-refractivity contribution >= 4 is 9.84 Å². The van der Waals surface area contributed by atoms with Crippen LogP contribution in [0.15, 0.2) is 11.0 Å². The van der Waals surface area contributed by atoms with Crippen LogP contribution in [0.2, 0.25) is 0 Å². The third-order valence-corrected chi connectivity index (χ3v) is 2.72. The summed E-state index contributed by atoms with van der Waals surface area (Å²) in [6.07, 6.45) is 0.542. The van der Waals surface area contributed by atoms with E-state index in [1.807, 2.05) is 0 Å². The van der Waals surface area contributed by atoms with Crippen LogP contribution >= 0.6 is 0 Å². The van der Waals surface area contributed by atoms with Crippen molar-refractivity contribution in [2.75, 3.05) is 6.26 Å². The van der Waals surface area contributed by atoms with Crippen LogP contribution in [0.1, 0.15) is 5.56 Å². The Morgan fingerprint density at radius 1 is 1.27 bits per heavy atom. The molecule has 0 fully saturated rings. The van der Waals surface area contributed by atoms with Crippen molar-refractivity contribution in [2.24, 2.45) is 0 Å². The molecule has 0 spiro atoms. The number of sulfone groups is 1. The molecule has 0 aliphatic carbocycles. The van der Waals surface area contributed by atoms with Gasteiger partial charge in [-0.05, 0) is 6.07 Å². The van der Waals surface area contributed by atoms with Crippen LogP contribution in [0.5, 0.6) is 0 Å². The normalized spacial score (nSPS) is 11.1. The molecule has 80 valence electrons. The van der Waals surface area contributed by atoms with E-state index in [-0.39, 0.29) is 0 Å². The Bertz CT molecular complexity index is 560. The molecule has 7 heteroatoms. The van der Waals surface area contributed by atoms with Crippen LogP contribution in [0.3, 0.4) is 0 Å². The second kappa shape index (κ2) is 3.55. The molecule has 0 atom stereocenters. The molecule has 0 amide bonds. The van der Waals surface area contributed by atoms with E-state index in [9.17, 15) is 21.6 Å². The summed E-state index contributed by atoms with van der Waals surface area (Å²) in [5, 5.41) is 8.29. The zero-order valence-corrected chi connectivity index (χ0v) is 8.20. The first kappa shape index (κ1) is 11.5. The van der Waals surface area contributed by atoms with E-state index in [0.717, 1.165) is 0 Å². The van der Waals surface area contributed by atoms with Crippen LogP contribution in [0.25, 0.3) is 0 Å². The Morgan fingerprint density at radius 2 is 1.80 bits per heavy atom. The number of benzene rings is 1. The highest BCUT2D eigenvalue weighted by atomic mass is 32.2. The molecule has 1 aromatic rings. The van der Waals surface area contributed by atoms with Gasteiger partial charge in [0.2, 0.25) is 0 Å². The molecule has 0 aromatic heterocycles. The second-order valence-corrected chi connectivity index (χ2v) is 4.70. The molecule has 0 unspecified atom stereocenters. The molecule has 15 heavy (non-hydrogen) atoms. The lowest BCUT2D eigenvalue weighted by molar-refractivity contribution is 0.457. The number of hydrogen-bond donors (Lipinski definition) is 0. The second-order valence-electron chi connectivity index (χ2n) is 2.75. The van der Waals surface area contributed by atoms with Crippen molar-refractivity contribution in [1.82, 2.24) is 0 Å². The minimum atomic E-state index is -4.21. The van der Waals surface area contributed by atoms with Gasteiger partial charge in [0.05, 0.1) is 5.56 Å². The van der Waals surface area contributed by atoms with Crippen LogP contribution in [-0.4, -0.2) is 14.7 Å². The van der Waals surface area contributed by atoms with Gasteiger partial charge >= 0.3 is 0 Å². The minimum absolute atomic E-state index is 0.342. The van der Waals surface area contributed by atoms with Crippen molar-refractivity contribution in [2.45, 2.75) is 4.90 Å². The lowest BCUT2D eigenvalue weighted by atomic mass is 10.2. The molecule has 0 saturated heterocycles. The lowest BCUT2D eigenvalue weighted by Crippen LogP contribution is -2.08. The van der Waals surface area contributed by atoms with Gasteiger partial charge in [-0.1, -0.05) is 0 Å². The quantitative estimate of drug-likeness (QED) is 0.691. The molecule has 0 aliphatic heterocycles. The predicted octanol–water partition coefficient (Wildman–Crippen LogP) is 1.38. The fourth-order valence-corrected chi connectivity index (χ4v) is 1.83. The van der Waals surface area contributed by atoms with Gasteiger partial charge in [0.1, 0.15) is 16.8 Å². The maximum absolute atomic E-state index is 13.1. The maximum Gasteiger partial charge on any atom is 0.181 e. The first-order valence-electron chi connectivity index (χ1n) is 3.56. The van der Waals surface area contributed by atoms with Gasteiger partial charge in [0.15, 0.2) is 21.5 Å². The zero-order valence-electron chi connectivity index (χ0n) is 7.38. The van der Waals surface area contributed by atoms with Crippen LogP contribution < -0.4 is 0 Å². The number of nitriles is 1. The summed E-state index contributed by atoms with van der Waals surface area (Å²) in [6, 6.07) is 1.55. The molecular formula is C8H4F3NO2S. The van der Waals surface area contributed by atoms with Crippen molar-refractivity contribution < 1.29 is 21.6 Å². The Kier molecular flexibility index (Phi) is 2.73. The molecule has 1 rings (SSSR count). The predicted molar refractivity (Wildman–Crippen MR) is 44.1 cm³/mol. The van der Waals surface area contributed by atoms with Crippen molar-refractivity contribution in [1.29, 1.82) is 5.26 Å². The number of rotatable bonds is 1. The summed E-state index contributed by atoms with van der Waals surface area (Å²) >= 11 is 0. The molecule has 0 radical (unpaired) electrons. The van der Waals surface area contributed by atoms with E-state index in [1.54, 1.807) is 0 Å². The summed E-state index contributed by atoms with van der Waals surface area (Å²) in [6.45, 7) is 0. The highest BCUT2D eigenvalue weighted by Crippen LogP contribution is 2.23. The van der Waals surface area contributed by atoms with Crippen molar-refractivity contribution in [3.8, 4) is 6.07 Å². The van der Waals surface area contributed by atoms with Gasteiger partial charge in [-0.3, -0.25) is 0 Å². The van der Waals surface area contributed by atoms with Gasteiger partial charge in [-0.15, -0.1) is 0 Å². The Hall–Kier alpha value is -1.55. The summed E-state index contributed by atoms with van der Waals surface area (Å²) < 4.78 is 60.8. The average Bonchev–Trinajstić information content (AvgIpc) is 2.09.